The molecule has 1 aliphatic rings. The van der Waals surface area contributed by atoms with Crippen molar-refractivity contribution in [2.45, 2.75) is 53.0 Å². The molecule has 3 N–H and O–H groups in total. The number of ether oxygens (including phenoxy) is 3. The molecule has 5 rings (SSSR count). The van der Waals surface area contributed by atoms with E-state index in [0.717, 1.165) is 59.4 Å². The maximum Gasteiger partial charge on any atom is 0.305 e. The maximum atomic E-state index is 9.70. The van der Waals surface area contributed by atoms with Crippen molar-refractivity contribution < 1.29 is 24.1 Å². The Morgan fingerprint density at radius 2 is 1.69 bits per heavy atom. The molecule has 276 valence electrons. The van der Waals surface area contributed by atoms with Crippen LogP contribution in [0.2, 0.25) is 10.0 Å². The van der Waals surface area contributed by atoms with Crippen molar-refractivity contribution in [1.82, 2.24) is 14.8 Å². The molecule has 4 aromatic rings. The molecule has 0 atom stereocenters. The van der Waals surface area contributed by atoms with Crippen molar-refractivity contribution in [3.05, 3.63) is 105 Å². The first-order chi connectivity index (χ1) is 24.9. The molecule has 0 radical (unpaired) electrons. The van der Waals surface area contributed by atoms with E-state index in [-0.39, 0.29) is 25.7 Å². The average Bonchev–Trinajstić information content (AvgIpc) is 3.10. The third-order valence-corrected chi connectivity index (χ3v) is 9.46. The van der Waals surface area contributed by atoms with Gasteiger partial charge in [-0.3, -0.25) is 14.7 Å². The van der Waals surface area contributed by atoms with Crippen LogP contribution >= 0.6 is 23.2 Å². The summed E-state index contributed by atoms with van der Waals surface area (Å²) >= 11 is 13.5. The van der Waals surface area contributed by atoms with Gasteiger partial charge in [0.1, 0.15) is 36.5 Å². The zero-order chi connectivity index (χ0) is 37.8. The number of carboxylic acid groups (broad SMARTS) is 1. The number of carbonyl (C=O) groups is 1. The molecule has 0 saturated carbocycles. The van der Waals surface area contributed by atoms with Gasteiger partial charge in [0, 0.05) is 67.4 Å². The average molecular weight is 749 g/mol. The summed E-state index contributed by atoms with van der Waals surface area (Å²) in [5.74, 6) is 0.747. The largest absolute Gasteiger partial charge is 0.492 e. The van der Waals surface area contributed by atoms with Crippen LogP contribution in [0.25, 0.3) is 11.1 Å². The van der Waals surface area contributed by atoms with E-state index in [1.165, 1.54) is 6.20 Å². The van der Waals surface area contributed by atoms with E-state index >= 15 is 0 Å². The van der Waals surface area contributed by atoms with E-state index in [9.17, 15) is 4.79 Å². The van der Waals surface area contributed by atoms with Gasteiger partial charge < -0.3 is 30.0 Å². The second-order valence-corrected chi connectivity index (χ2v) is 13.9. The zero-order valence-electron chi connectivity index (χ0n) is 30.4. The summed E-state index contributed by atoms with van der Waals surface area (Å²) in [7, 11) is 4.26. The third-order valence-electron chi connectivity index (χ3n) is 8.77. The molecule has 0 bridgehead atoms. The van der Waals surface area contributed by atoms with Crippen LogP contribution in [-0.2, 0) is 24.6 Å². The lowest BCUT2D eigenvalue weighted by molar-refractivity contribution is -0.140. The van der Waals surface area contributed by atoms with Gasteiger partial charge in [-0.15, -0.1) is 0 Å². The SMILES string of the molecule is CC(C)C(=O)O.Cc1c(COc2cc(OCc3cncc(C#N)c3)c(CN)cc2Cl)cccc1-c1cccc(OCCCN2CC(N(C)C)C2)c1Cl. The number of nitriles is 1. The molecule has 2 heterocycles. The molecule has 1 saturated heterocycles. The van der Waals surface area contributed by atoms with Crippen LogP contribution in [0.4, 0.5) is 0 Å². The highest BCUT2D eigenvalue weighted by Gasteiger charge is 2.27. The highest BCUT2D eigenvalue weighted by Crippen LogP contribution is 2.38. The lowest BCUT2D eigenvalue weighted by Crippen LogP contribution is -2.57. The predicted molar refractivity (Wildman–Crippen MR) is 205 cm³/mol. The number of likely N-dealkylation sites (N-methyl/N-ethyl adjacent to an activating group) is 1. The first kappa shape index (κ1) is 40.4. The molecule has 10 nitrogen and oxygen atoms in total. The van der Waals surface area contributed by atoms with Crippen LogP contribution in [0.5, 0.6) is 17.2 Å². The normalized spacial score (nSPS) is 12.9. The van der Waals surface area contributed by atoms with Crippen molar-refractivity contribution in [2.75, 3.05) is 40.3 Å². The molecular weight excluding hydrogens is 701 g/mol. The van der Waals surface area contributed by atoms with Gasteiger partial charge in [-0.2, -0.15) is 5.26 Å². The molecule has 0 unspecified atom stereocenters. The number of likely N-dealkylation sites (tertiary alicyclic amines) is 1. The van der Waals surface area contributed by atoms with E-state index in [4.69, 9.17) is 53.5 Å². The smallest absolute Gasteiger partial charge is 0.305 e. The number of aromatic nitrogens is 1. The summed E-state index contributed by atoms with van der Waals surface area (Å²) in [5, 5.41) is 18.2. The molecule has 1 fully saturated rings. The second kappa shape index (κ2) is 19.5. The fraction of sp³-hybridized carbons (Fsp3) is 0.375. The molecule has 0 amide bonds. The highest BCUT2D eigenvalue weighted by molar-refractivity contribution is 6.35. The van der Waals surface area contributed by atoms with Crippen LogP contribution < -0.4 is 19.9 Å². The third kappa shape index (κ3) is 11.1. The highest BCUT2D eigenvalue weighted by atomic mass is 35.5. The topological polar surface area (TPSA) is 134 Å². The standard InChI is InChI=1S/C36H39Cl2N5O3.C4H8O2/c1-24-27(23-46-35-15-34(28(17-40)14-32(35)37)45-22-26-13-25(16-39)18-41-19-26)7-4-8-30(24)31-9-5-10-33(36(31)38)44-12-6-11-43-20-29(21-43)42(2)3;1-3(2)4(5)6/h4-5,7-10,13-15,18-19,29H,6,11-12,17,20-23,40H2,1-3H3;3H,1-2H3,(H,5,6). The first-order valence-corrected chi connectivity index (χ1v) is 17.9. The van der Waals surface area contributed by atoms with Gasteiger partial charge in [0.25, 0.3) is 0 Å². The quantitative estimate of drug-likeness (QED) is 0.117. The number of halogens is 2. The van der Waals surface area contributed by atoms with Crippen molar-refractivity contribution in [2.24, 2.45) is 11.7 Å². The number of benzene rings is 3. The molecule has 0 spiro atoms. The summed E-state index contributed by atoms with van der Waals surface area (Å²) in [6, 6.07) is 20.0. The number of aliphatic carboxylic acids is 1. The summed E-state index contributed by atoms with van der Waals surface area (Å²) < 4.78 is 18.4. The minimum atomic E-state index is -0.741. The van der Waals surface area contributed by atoms with Gasteiger partial charge in [-0.25, -0.2) is 0 Å². The molecule has 3 aromatic carbocycles. The Labute approximate surface area is 316 Å². The zero-order valence-corrected chi connectivity index (χ0v) is 31.9. The summed E-state index contributed by atoms with van der Waals surface area (Å²) in [5.41, 5.74) is 11.9. The lowest BCUT2D eigenvalue weighted by Gasteiger charge is -2.42. The van der Waals surface area contributed by atoms with E-state index in [2.05, 4.69) is 47.9 Å². The van der Waals surface area contributed by atoms with Gasteiger partial charge in [-0.1, -0.05) is 67.4 Å². The van der Waals surface area contributed by atoms with Crippen molar-refractivity contribution in [3.63, 3.8) is 0 Å². The Kier molecular flexibility index (Phi) is 15.1. The lowest BCUT2D eigenvalue weighted by atomic mass is 9.96. The second-order valence-electron chi connectivity index (χ2n) is 13.1. The molecule has 0 aliphatic carbocycles. The molecule has 52 heavy (non-hydrogen) atoms. The van der Waals surface area contributed by atoms with Crippen LogP contribution in [0.3, 0.4) is 0 Å². The summed E-state index contributed by atoms with van der Waals surface area (Å²) in [6.45, 7) is 9.94. The van der Waals surface area contributed by atoms with E-state index in [0.29, 0.717) is 45.5 Å². The number of nitrogens with two attached hydrogens (primary N) is 1. The van der Waals surface area contributed by atoms with Crippen molar-refractivity contribution in [1.29, 1.82) is 5.26 Å². The van der Waals surface area contributed by atoms with Gasteiger partial charge in [-0.05, 0) is 62.3 Å². The Morgan fingerprint density at radius 1 is 1.00 bits per heavy atom. The Morgan fingerprint density at radius 3 is 2.37 bits per heavy atom. The van der Waals surface area contributed by atoms with Gasteiger partial charge >= 0.3 is 5.97 Å². The van der Waals surface area contributed by atoms with Crippen LogP contribution in [0, 0.1) is 24.2 Å². The number of nitrogens with zero attached hydrogens (tertiary/aromatic N) is 4. The summed E-state index contributed by atoms with van der Waals surface area (Å²) in [6.07, 6.45) is 4.11. The number of rotatable bonds is 15. The Balaban J connectivity index is 0.000000929. The molecule has 1 aliphatic heterocycles. The number of hydrogen-bond acceptors (Lipinski definition) is 9. The van der Waals surface area contributed by atoms with Crippen LogP contribution in [0.15, 0.2) is 67.0 Å². The van der Waals surface area contributed by atoms with E-state index in [1.807, 2.05) is 30.3 Å². The Bertz CT molecular complexity index is 1860. The maximum absolute atomic E-state index is 9.70. The minimum absolute atomic E-state index is 0.219. The van der Waals surface area contributed by atoms with Crippen molar-refractivity contribution in [3.8, 4) is 34.4 Å². The fourth-order valence-electron chi connectivity index (χ4n) is 5.41. The Hall–Kier alpha value is -4.37. The number of carboxylic acids is 1. The van der Waals surface area contributed by atoms with Gasteiger partial charge in [0.05, 0.1) is 28.1 Å². The molecule has 1 aromatic heterocycles. The van der Waals surface area contributed by atoms with E-state index < -0.39 is 5.97 Å². The number of hydrogen-bond donors (Lipinski definition) is 2. The minimum Gasteiger partial charge on any atom is -0.492 e. The molecule has 12 heteroatoms. The van der Waals surface area contributed by atoms with Crippen LogP contribution in [0.1, 0.15) is 48.1 Å². The summed E-state index contributed by atoms with van der Waals surface area (Å²) in [4.78, 5) is 18.5. The monoisotopic (exact) mass is 747 g/mol. The van der Waals surface area contributed by atoms with Gasteiger partial charge in [0.2, 0.25) is 0 Å². The number of pyridine rings is 1. The van der Waals surface area contributed by atoms with Crippen molar-refractivity contribution >= 4 is 29.2 Å². The fourth-order valence-corrected chi connectivity index (χ4v) is 5.93. The molecular formula is C40H47Cl2N5O5. The van der Waals surface area contributed by atoms with Crippen LogP contribution in [-0.4, -0.2) is 72.2 Å². The van der Waals surface area contributed by atoms with Gasteiger partial charge in [0.15, 0.2) is 0 Å². The van der Waals surface area contributed by atoms with E-state index in [1.54, 1.807) is 38.2 Å². The first-order valence-electron chi connectivity index (χ1n) is 17.2. The predicted octanol–water partition coefficient (Wildman–Crippen LogP) is 7.59.